The highest BCUT2D eigenvalue weighted by Crippen LogP contribution is 2.29. The highest BCUT2D eigenvalue weighted by atomic mass is 19.1. The van der Waals surface area contributed by atoms with Crippen LogP contribution in [0.1, 0.15) is 21.6 Å². The molecule has 4 rings (SSSR count). The van der Waals surface area contributed by atoms with Crippen LogP contribution in [-0.2, 0) is 13.1 Å². The summed E-state index contributed by atoms with van der Waals surface area (Å²) in [5, 5.41) is 8.47. The van der Waals surface area contributed by atoms with Crippen molar-refractivity contribution in [1.82, 2.24) is 20.0 Å². The summed E-state index contributed by atoms with van der Waals surface area (Å²) in [6, 6.07) is 14.7. The first-order valence-corrected chi connectivity index (χ1v) is 10.4. The topological polar surface area (TPSA) is 108 Å². The quantitative estimate of drug-likeness (QED) is 0.406. The number of amides is 1. The molecular weight excluding hydrogens is 439 g/mol. The molecule has 2 heterocycles. The van der Waals surface area contributed by atoms with Crippen LogP contribution in [0.25, 0.3) is 0 Å². The van der Waals surface area contributed by atoms with E-state index in [0.717, 1.165) is 5.56 Å². The van der Waals surface area contributed by atoms with Crippen molar-refractivity contribution < 1.29 is 18.7 Å². The number of ether oxygens (including phenoxy) is 2. The van der Waals surface area contributed by atoms with Gasteiger partial charge in [-0.15, -0.1) is 5.10 Å². The lowest BCUT2D eigenvalue weighted by molar-refractivity contribution is 0.100. The molecule has 0 aliphatic rings. The van der Waals surface area contributed by atoms with Gasteiger partial charge < -0.3 is 20.1 Å². The van der Waals surface area contributed by atoms with E-state index in [1.165, 1.54) is 12.1 Å². The number of pyridine rings is 1. The summed E-state index contributed by atoms with van der Waals surface area (Å²) in [4.78, 5) is 18.0. The zero-order valence-electron chi connectivity index (χ0n) is 18.7. The van der Waals surface area contributed by atoms with Crippen LogP contribution in [0.5, 0.6) is 11.5 Å². The molecule has 2 N–H and O–H groups in total. The Morgan fingerprint density at radius 1 is 1.09 bits per heavy atom. The van der Waals surface area contributed by atoms with E-state index in [2.05, 4.69) is 15.3 Å². The number of benzene rings is 2. The number of nitrogens with two attached hydrogens (primary N) is 1. The summed E-state index contributed by atoms with van der Waals surface area (Å²) in [6.07, 6.45) is 3.31. The molecule has 0 bridgehead atoms. The van der Waals surface area contributed by atoms with Crippen LogP contribution in [0.4, 0.5) is 15.9 Å². The van der Waals surface area contributed by atoms with Crippen molar-refractivity contribution in [3.8, 4) is 11.5 Å². The minimum atomic E-state index is -0.639. The molecule has 4 aromatic rings. The van der Waals surface area contributed by atoms with Gasteiger partial charge in [-0.05, 0) is 48.0 Å². The number of rotatable bonds is 9. The maximum absolute atomic E-state index is 14.0. The van der Waals surface area contributed by atoms with E-state index in [1.54, 1.807) is 66.5 Å². The summed E-state index contributed by atoms with van der Waals surface area (Å²) in [5.41, 5.74) is 7.76. The van der Waals surface area contributed by atoms with Gasteiger partial charge in [-0.3, -0.25) is 4.79 Å². The molecule has 2 aromatic carbocycles. The third-order valence-corrected chi connectivity index (χ3v) is 5.09. The van der Waals surface area contributed by atoms with Gasteiger partial charge in [-0.2, -0.15) is 0 Å². The van der Waals surface area contributed by atoms with Crippen molar-refractivity contribution in [3.63, 3.8) is 0 Å². The number of hydrogen-bond acceptors (Lipinski definition) is 7. The number of anilines is 2. The molecule has 174 valence electrons. The van der Waals surface area contributed by atoms with Crippen molar-refractivity contribution >= 4 is 17.4 Å². The molecule has 0 saturated heterocycles. The molecular formula is C24H23FN6O3. The lowest BCUT2D eigenvalue weighted by atomic mass is 10.2. The highest BCUT2D eigenvalue weighted by molar-refractivity contribution is 5.98. The number of hydrogen-bond donors (Lipinski definition) is 1. The van der Waals surface area contributed by atoms with Gasteiger partial charge >= 0.3 is 0 Å². The number of methoxy groups -OCH3 is 2. The molecule has 0 fully saturated rings. The van der Waals surface area contributed by atoms with E-state index in [0.29, 0.717) is 35.2 Å². The lowest BCUT2D eigenvalue weighted by Gasteiger charge is -2.24. The Kier molecular flexibility index (Phi) is 6.67. The monoisotopic (exact) mass is 462 g/mol. The van der Waals surface area contributed by atoms with Crippen molar-refractivity contribution in [2.24, 2.45) is 5.73 Å². The first-order chi connectivity index (χ1) is 16.5. The molecule has 10 heteroatoms. The molecule has 0 radical (unpaired) electrons. The van der Waals surface area contributed by atoms with Crippen LogP contribution in [-0.4, -0.2) is 40.1 Å². The molecule has 2 aromatic heterocycles. The Balaban J connectivity index is 1.64. The fourth-order valence-electron chi connectivity index (χ4n) is 3.53. The average Bonchev–Trinajstić information content (AvgIpc) is 3.29. The summed E-state index contributed by atoms with van der Waals surface area (Å²) in [5.74, 6) is 0.574. The van der Waals surface area contributed by atoms with Crippen LogP contribution >= 0.6 is 0 Å². The predicted octanol–water partition coefficient (Wildman–Crippen LogP) is 3.31. The maximum atomic E-state index is 14.0. The predicted molar refractivity (Wildman–Crippen MR) is 124 cm³/mol. The van der Waals surface area contributed by atoms with Crippen LogP contribution in [0.15, 0.2) is 67.0 Å². The van der Waals surface area contributed by atoms with Gasteiger partial charge in [0.15, 0.2) is 0 Å². The van der Waals surface area contributed by atoms with E-state index in [1.807, 2.05) is 12.1 Å². The number of carbonyl (C=O) groups excluding carboxylic acids is 1. The second-order valence-corrected chi connectivity index (χ2v) is 7.43. The Bertz CT molecular complexity index is 1290. The minimum Gasteiger partial charge on any atom is -0.497 e. The normalized spacial score (nSPS) is 10.7. The van der Waals surface area contributed by atoms with E-state index in [9.17, 15) is 9.18 Å². The van der Waals surface area contributed by atoms with E-state index >= 15 is 0 Å². The zero-order valence-corrected chi connectivity index (χ0v) is 18.7. The minimum absolute atomic E-state index is 0.183. The molecule has 0 saturated carbocycles. The average molecular weight is 462 g/mol. The number of aromatic nitrogens is 4. The molecule has 34 heavy (non-hydrogen) atoms. The highest BCUT2D eigenvalue weighted by Gasteiger charge is 2.20. The Morgan fingerprint density at radius 2 is 1.85 bits per heavy atom. The van der Waals surface area contributed by atoms with Crippen molar-refractivity contribution in [1.29, 1.82) is 0 Å². The first-order valence-electron chi connectivity index (χ1n) is 10.4. The standard InChI is InChI=1S/C24H23FN6O3/c1-33-20-9-16(10-21(12-20)34-2)13-30-14-18(28-29-30)15-31(19-6-3-5-17(25)11-19)24-22(23(26)32)7-4-8-27-24/h3-12,14H,13,15H2,1-2H3,(H2,26,32). The second-order valence-electron chi connectivity index (χ2n) is 7.43. The number of primary amides is 1. The van der Waals surface area contributed by atoms with E-state index < -0.39 is 11.7 Å². The van der Waals surface area contributed by atoms with E-state index in [4.69, 9.17) is 15.2 Å². The molecule has 1 amide bonds. The summed E-state index contributed by atoms with van der Waals surface area (Å²) < 4.78 is 26.3. The molecule has 0 aliphatic carbocycles. The first kappa shape index (κ1) is 22.7. The Labute approximate surface area is 195 Å². The van der Waals surface area contributed by atoms with Crippen LogP contribution in [0, 0.1) is 5.82 Å². The van der Waals surface area contributed by atoms with Gasteiger partial charge in [-0.1, -0.05) is 11.3 Å². The molecule has 9 nitrogen and oxygen atoms in total. The fraction of sp³-hybridized carbons (Fsp3) is 0.167. The van der Waals surface area contributed by atoms with Gasteiger partial charge in [-0.25, -0.2) is 14.1 Å². The molecule has 0 unspecified atom stereocenters. The molecule has 0 spiro atoms. The van der Waals surface area contributed by atoms with Crippen molar-refractivity contribution in [3.05, 3.63) is 89.6 Å². The summed E-state index contributed by atoms with van der Waals surface area (Å²) in [7, 11) is 3.18. The molecule has 0 aliphatic heterocycles. The largest absolute Gasteiger partial charge is 0.497 e. The SMILES string of the molecule is COc1cc(Cn2cc(CN(c3cccc(F)c3)c3ncccc3C(N)=O)nn2)cc(OC)c1. The van der Waals surface area contributed by atoms with Crippen molar-refractivity contribution in [2.45, 2.75) is 13.1 Å². The summed E-state index contributed by atoms with van der Waals surface area (Å²) >= 11 is 0. The maximum Gasteiger partial charge on any atom is 0.252 e. The zero-order chi connectivity index (χ0) is 24.1. The third kappa shape index (κ3) is 5.12. The second kappa shape index (κ2) is 9.99. The Morgan fingerprint density at radius 3 is 2.53 bits per heavy atom. The smallest absolute Gasteiger partial charge is 0.252 e. The number of nitrogens with zero attached hydrogens (tertiary/aromatic N) is 5. The Hall–Kier alpha value is -4.47. The van der Waals surface area contributed by atoms with Gasteiger partial charge in [0.05, 0.1) is 39.1 Å². The van der Waals surface area contributed by atoms with Crippen LogP contribution in [0.3, 0.4) is 0 Å². The lowest BCUT2D eigenvalue weighted by Crippen LogP contribution is -2.23. The van der Waals surface area contributed by atoms with Gasteiger partial charge in [0.25, 0.3) is 5.91 Å². The third-order valence-electron chi connectivity index (χ3n) is 5.09. The van der Waals surface area contributed by atoms with Gasteiger partial charge in [0.1, 0.15) is 28.8 Å². The van der Waals surface area contributed by atoms with Crippen LogP contribution in [0.2, 0.25) is 0 Å². The molecule has 0 atom stereocenters. The summed E-state index contributed by atoms with van der Waals surface area (Å²) in [6.45, 7) is 0.610. The van der Waals surface area contributed by atoms with Crippen molar-refractivity contribution in [2.75, 3.05) is 19.1 Å². The number of halogens is 1. The number of carbonyl (C=O) groups is 1. The van der Waals surface area contributed by atoms with E-state index in [-0.39, 0.29) is 12.1 Å². The van der Waals surface area contributed by atoms with Crippen LogP contribution < -0.4 is 20.1 Å². The van der Waals surface area contributed by atoms with Gasteiger partial charge in [0.2, 0.25) is 0 Å². The fourth-order valence-corrected chi connectivity index (χ4v) is 3.53. The van der Waals surface area contributed by atoms with Gasteiger partial charge in [0, 0.05) is 18.0 Å².